The third-order valence-corrected chi connectivity index (χ3v) is 8.35. The van der Waals surface area contributed by atoms with Crippen molar-refractivity contribution >= 4 is 39.1 Å². The van der Waals surface area contributed by atoms with Gasteiger partial charge in [-0.1, -0.05) is 62.7 Å². The van der Waals surface area contributed by atoms with Gasteiger partial charge in [0.2, 0.25) is 11.8 Å². The summed E-state index contributed by atoms with van der Waals surface area (Å²) in [7, 11) is -2.69. The largest absolute Gasteiger partial charge is 0.497 e. The fourth-order valence-corrected chi connectivity index (χ4v) is 5.67. The molecule has 3 rings (SSSR count). The molecule has 0 unspecified atom stereocenters. The minimum absolute atomic E-state index is 0.00706. The van der Waals surface area contributed by atoms with Crippen LogP contribution < -0.4 is 14.4 Å². The minimum Gasteiger partial charge on any atom is -0.497 e. The van der Waals surface area contributed by atoms with Crippen LogP contribution in [-0.2, 0) is 26.2 Å². The van der Waals surface area contributed by atoms with Crippen molar-refractivity contribution in [2.75, 3.05) is 24.5 Å². The summed E-state index contributed by atoms with van der Waals surface area (Å²) >= 11 is 6.07. The highest BCUT2D eigenvalue weighted by Crippen LogP contribution is 2.27. The van der Waals surface area contributed by atoms with E-state index in [9.17, 15) is 18.0 Å². The van der Waals surface area contributed by atoms with Gasteiger partial charge in [0.25, 0.3) is 10.0 Å². The summed E-state index contributed by atoms with van der Waals surface area (Å²) in [6, 6.07) is 20.7. The lowest BCUT2D eigenvalue weighted by Crippen LogP contribution is -2.52. The van der Waals surface area contributed by atoms with Gasteiger partial charge in [0.15, 0.2) is 0 Å². The number of nitrogens with zero attached hydrogens (tertiary/aromatic N) is 2. The summed E-state index contributed by atoms with van der Waals surface area (Å²) in [5.41, 5.74) is 1.09. The van der Waals surface area contributed by atoms with Crippen molar-refractivity contribution in [3.63, 3.8) is 0 Å². The Hall–Kier alpha value is -3.56. The van der Waals surface area contributed by atoms with Crippen LogP contribution in [0.3, 0.4) is 0 Å². The molecule has 10 heteroatoms. The first kappa shape index (κ1) is 31.0. The second-order valence-electron chi connectivity index (χ2n) is 9.73. The van der Waals surface area contributed by atoms with E-state index < -0.39 is 28.5 Å². The standard InChI is InChI=1S/C30H36ClN3O5S/c1-5-28(30(36)32-19-22(2)3)33(20-23-9-7-6-8-10-23)29(35)21-34(25-13-11-24(31)12-14-25)40(37,38)27-17-15-26(39-4)16-18-27/h6-18,22,28H,5,19-21H2,1-4H3,(H,32,36)/t28-/m1/s1. The molecular weight excluding hydrogens is 550 g/mol. The Kier molecular flexibility index (Phi) is 11.0. The second-order valence-corrected chi connectivity index (χ2v) is 12.0. The molecule has 0 aliphatic heterocycles. The van der Waals surface area contributed by atoms with E-state index in [1.165, 1.54) is 24.1 Å². The van der Waals surface area contributed by atoms with E-state index in [0.717, 1.165) is 9.87 Å². The van der Waals surface area contributed by atoms with E-state index >= 15 is 0 Å². The highest BCUT2D eigenvalue weighted by Gasteiger charge is 2.33. The number of halogens is 1. The first-order valence-corrected chi connectivity index (χ1v) is 14.9. The number of nitrogens with one attached hydrogen (secondary N) is 1. The molecule has 0 heterocycles. The molecule has 0 saturated heterocycles. The van der Waals surface area contributed by atoms with Crippen LogP contribution in [0.5, 0.6) is 5.75 Å². The van der Waals surface area contributed by atoms with Crippen molar-refractivity contribution < 1.29 is 22.7 Å². The number of amides is 2. The van der Waals surface area contributed by atoms with Crippen molar-refractivity contribution in [1.29, 1.82) is 0 Å². The minimum atomic E-state index is -4.18. The number of hydrogen-bond acceptors (Lipinski definition) is 5. The number of carbonyl (C=O) groups is 2. The van der Waals surface area contributed by atoms with E-state index in [1.54, 1.807) is 36.4 Å². The van der Waals surface area contributed by atoms with Crippen LogP contribution in [0.25, 0.3) is 0 Å². The number of sulfonamides is 1. The normalized spacial score (nSPS) is 12.1. The molecule has 1 atom stereocenters. The van der Waals surface area contributed by atoms with E-state index in [0.29, 0.717) is 23.7 Å². The molecular formula is C30H36ClN3O5S. The van der Waals surface area contributed by atoms with Crippen LogP contribution in [0.2, 0.25) is 5.02 Å². The zero-order chi connectivity index (χ0) is 29.3. The average Bonchev–Trinajstić information content (AvgIpc) is 2.95. The van der Waals surface area contributed by atoms with Crippen LogP contribution in [0.1, 0.15) is 32.8 Å². The van der Waals surface area contributed by atoms with Gasteiger partial charge in [-0.3, -0.25) is 13.9 Å². The molecule has 3 aromatic rings. The average molecular weight is 586 g/mol. The maximum absolute atomic E-state index is 14.0. The van der Waals surface area contributed by atoms with Crippen LogP contribution in [0, 0.1) is 5.92 Å². The third kappa shape index (κ3) is 7.99. The molecule has 8 nitrogen and oxygen atoms in total. The van der Waals surface area contributed by atoms with E-state index in [2.05, 4.69) is 5.32 Å². The molecule has 2 amide bonds. The van der Waals surface area contributed by atoms with Crippen LogP contribution in [0.4, 0.5) is 5.69 Å². The Morgan fingerprint density at radius 3 is 2.12 bits per heavy atom. The molecule has 0 spiro atoms. The Morgan fingerprint density at radius 1 is 0.950 bits per heavy atom. The van der Waals surface area contributed by atoms with Gasteiger partial charge >= 0.3 is 0 Å². The Morgan fingerprint density at radius 2 is 1.57 bits per heavy atom. The van der Waals surface area contributed by atoms with Crippen molar-refractivity contribution in [1.82, 2.24) is 10.2 Å². The molecule has 40 heavy (non-hydrogen) atoms. The molecule has 0 aromatic heterocycles. The van der Waals surface area contributed by atoms with Gasteiger partial charge in [0, 0.05) is 18.1 Å². The summed E-state index contributed by atoms with van der Waals surface area (Å²) in [5, 5.41) is 3.35. The van der Waals surface area contributed by atoms with Gasteiger partial charge < -0.3 is 15.0 Å². The quantitative estimate of drug-likeness (QED) is 0.300. The number of ether oxygens (including phenoxy) is 1. The summed E-state index contributed by atoms with van der Waals surface area (Å²) in [6.45, 7) is 5.90. The third-order valence-electron chi connectivity index (χ3n) is 6.31. The van der Waals surface area contributed by atoms with Crippen LogP contribution >= 0.6 is 11.6 Å². The Balaban J connectivity index is 2.02. The lowest BCUT2D eigenvalue weighted by molar-refractivity contribution is -0.140. The Labute approximate surface area is 241 Å². The number of hydrogen-bond donors (Lipinski definition) is 1. The van der Waals surface area contributed by atoms with Crippen molar-refractivity contribution in [2.24, 2.45) is 5.92 Å². The van der Waals surface area contributed by atoms with Gasteiger partial charge in [-0.05, 0) is 66.4 Å². The summed E-state index contributed by atoms with van der Waals surface area (Å²) in [6.07, 6.45) is 0.356. The van der Waals surface area contributed by atoms with E-state index in [-0.39, 0.29) is 29.0 Å². The molecule has 1 N–H and O–H groups in total. The van der Waals surface area contributed by atoms with Crippen LogP contribution in [0.15, 0.2) is 83.8 Å². The molecule has 0 radical (unpaired) electrons. The Bertz CT molecular complexity index is 1360. The van der Waals surface area contributed by atoms with Crippen molar-refractivity contribution in [3.05, 3.63) is 89.4 Å². The zero-order valence-electron chi connectivity index (χ0n) is 23.2. The molecule has 0 saturated carbocycles. The zero-order valence-corrected chi connectivity index (χ0v) is 24.8. The molecule has 0 aliphatic rings. The predicted octanol–water partition coefficient (Wildman–Crippen LogP) is 5.12. The molecule has 0 aliphatic carbocycles. The predicted molar refractivity (Wildman–Crippen MR) is 158 cm³/mol. The van der Waals surface area contributed by atoms with E-state index in [4.69, 9.17) is 16.3 Å². The molecule has 3 aromatic carbocycles. The number of anilines is 1. The highest BCUT2D eigenvalue weighted by molar-refractivity contribution is 7.92. The highest BCUT2D eigenvalue weighted by atomic mass is 35.5. The first-order chi connectivity index (χ1) is 19.1. The van der Waals surface area contributed by atoms with Crippen molar-refractivity contribution in [2.45, 2.75) is 44.7 Å². The van der Waals surface area contributed by atoms with Crippen molar-refractivity contribution in [3.8, 4) is 5.75 Å². The summed E-state index contributed by atoms with van der Waals surface area (Å²) in [4.78, 5) is 28.7. The molecule has 214 valence electrons. The van der Waals surface area contributed by atoms with Gasteiger partial charge in [-0.2, -0.15) is 0 Å². The number of rotatable bonds is 13. The van der Waals surface area contributed by atoms with Crippen LogP contribution in [-0.4, -0.2) is 51.4 Å². The SMILES string of the molecule is CC[C@H](C(=O)NCC(C)C)N(Cc1ccccc1)C(=O)CN(c1ccc(Cl)cc1)S(=O)(=O)c1ccc(OC)cc1. The fraction of sp³-hybridized carbons (Fsp3) is 0.333. The number of benzene rings is 3. The molecule has 0 fully saturated rings. The maximum atomic E-state index is 14.0. The van der Waals surface area contributed by atoms with Gasteiger partial charge in [0.05, 0.1) is 17.7 Å². The lowest BCUT2D eigenvalue weighted by atomic mass is 10.1. The topological polar surface area (TPSA) is 96.0 Å². The summed E-state index contributed by atoms with van der Waals surface area (Å²) in [5.74, 6) is -0.0611. The van der Waals surface area contributed by atoms with Gasteiger partial charge in [-0.15, -0.1) is 0 Å². The summed E-state index contributed by atoms with van der Waals surface area (Å²) < 4.78 is 34.0. The van der Waals surface area contributed by atoms with E-state index in [1.807, 2.05) is 51.1 Å². The fourth-order valence-electron chi connectivity index (χ4n) is 4.13. The molecule has 0 bridgehead atoms. The maximum Gasteiger partial charge on any atom is 0.264 e. The smallest absolute Gasteiger partial charge is 0.264 e. The second kappa shape index (κ2) is 14.2. The number of methoxy groups -OCH3 is 1. The number of carbonyl (C=O) groups excluding carboxylic acids is 2. The first-order valence-electron chi connectivity index (χ1n) is 13.1. The lowest BCUT2D eigenvalue weighted by Gasteiger charge is -2.33. The monoisotopic (exact) mass is 585 g/mol. The van der Waals surface area contributed by atoms with Gasteiger partial charge in [0.1, 0.15) is 18.3 Å². The van der Waals surface area contributed by atoms with Gasteiger partial charge in [-0.25, -0.2) is 8.42 Å².